The minimum Gasteiger partial charge on any atom is -0.497 e. The molecule has 0 bridgehead atoms. The number of pyridine rings is 1. The zero-order valence-corrected chi connectivity index (χ0v) is 19.5. The Morgan fingerprint density at radius 3 is 2.35 bits per heavy atom. The van der Waals surface area contributed by atoms with Gasteiger partial charge in [-0.25, -0.2) is 9.99 Å². The van der Waals surface area contributed by atoms with Crippen LogP contribution < -0.4 is 9.47 Å². The number of ether oxygens (including phenoxy) is 2. The van der Waals surface area contributed by atoms with Gasteiger partial charge in [0.1, 0.15) is 16.7 Å². The SMILES string of the molecule is COc1ccc(C2=NN(C(=O)c3ccccc3)C(c3cc4ccc(OC)cc4nc3Cl)C2)cc1. The molecule has 1 unspecified atom stereocenters. The van der Waals surface area contributed by atoms with E-state index in [1.807, 2.05) is 66.7 Å². The fourth-order valence-electron chi connectivity index (χ4n) is 4.11. The summed E-state index contributed by atoms with van der Waals surface area (Å²) in [7, 11) is 3.24. The molecule has 0 N–H and O–H groups in total. The predicted molar refractivity (Wildman–Crippen MR) is 133 cm³/mol. The van der Waals surface area contributed by atoms with Crippen LogP contribution in [0.2, 0.25) is 5.15 Å². The van der Waals surface area contributed by atoms with Gasteiger partial charge in [-0.05, 0) is 60.2 Å². The molecule has 1 aliphatic heterocycles. The Hall–Kier alpha value is -3.90. The molecule has 2 heterocycles. The van der Waals surface area contributed by atoms with Crippen LogP contribution in [0, 0.1) is 0 Å². The van der Waals surface area contributed by atoms with E-state index in [0.717, 1.165) is 33.5 Å². The largest absolute Gasteiger partial charge is 0.497 e. The number of benzene rings is 3. The molecule has 6 nitrogen and oxygen atoms in total. The van der Waals surface area contributed by atoms with Crippen molar-refractivity contribution in [3.8, 4) is 11.5 Å². The van der Waals surface area contributed by atoms with Crippen LogP contribution in [0.1, 0.15) is 33.9 Å². The van der Waals surface area contributed by atoms with Crippen molar-refractivity contribution in [3.05, 3.63) is 101 Å². The zero-order valence-electron chi connectivity index (χ0n) is 18.7. The van der Waals surface area contributed by atoms with Gasteiger partial charge in [0.15, 0.2) is 0 Å². The summed E-state index contributed by atoms with van der Waals surface area (Å²) >= 11 is 6.67. The van der Waals surface area contributed by atoms with Crippen LogP contribution >= 0.6 is 11.6 Å². The van der Waals surface area contributed by atoms with Crippen LogP contribution in [-0.2, 0) is 0 Å². The van der Waals surface area contributed by atoms with Crippen molar-refractivity contribution in [1.29, 1.82) is 0 Å². The maximum absolute atomic E-state index is 13.5. The Labute approximate surface area is 202 Å². The first kappa shape index (κ1) is 21.9. The molecule has 3 aromatic carbocycles. The molecule has 1 aliphatic rings. The summed E-state index contributed by atoms with van der Waals surface area (Å²) in [4.78, 5) is 18.1. The van der Waals surface area contributed by atoms with Gasteiger partial charge in [-0.2, -0.15) is 5.10 Å². The topological polar surface area (TPSA) is 64.0 Å². The molecule has 0 saturated heterocycles. The minimum atomic E-state index is -0.392. The van der Waals surface area contributed by atoms with Crippen LogP contribution in [0.5, 0.6) is 11.5 Å². The lowest BCUT2D eigenvalue weighted by Gasteiger charge is -2.23. The Morgan fingerprint density at radius 1 is 0.941 bits per heavy atom. The predicted octanol–water partition coefficient (Wildman–Crippen LogP) is 5.90. The first-order valence-corrected chi connectivity index (χ1v) is 11.2. The molecule has 0 saturated carbocycles. The molecule has 1 atom stereocenters. The van der Waals surface area contributed by atoms with Crippen molar-refractivity contribution in [2.45, 2.75) is 12.5 Å². The van der Waals surface area contributed by atoms with Gasteiger partial charge < -0.3 is 9.47 Å². The molecule has 1 aromatic heterocycles. The van der Waals surface area contributed by atoms with Gasteiger partial charge in [-0.3, -0.25) is 4.79 Å². The van der Waals surface area contributed by atoms with E-state index in [-0.39, 0.29) is 5.91 Å². The Kier molecular flexibility index (Phi) is 5.90. The van der Waals surface area contributed by atoms with E-state index in [1.165, 1.54) is 5.01 Å². The van der Waals surface area contributed by atoms with Gasteiger partial charge in [0, 0.05) is 29.0 Å². The maximum Gasteiger partial charge on any atom is 0.274 e. The third kappa shape index (κ3) is 4.08. The molecule has 7 heteroatoms. The molecule has 0 aliphatic carbocycles. The summed E-state index contributed by atoms with van der Waals surface area (Å²) in [6.07, 6.45) is 0.508. The number of aromatic nitrogens is 1. The van der Waals surface area contributed by atoms with Crippen LogP contribution in [0.3, 0.4) is 0 Å². The fraction of sp³-hybridized carbons (Fsp3) is 0.148. The van der Waals surface area contributed by atoms with Crippen molar-refractivity contribution >= 4 is 34.1 Å². The first-order chi connectivity index (χ1) is 16.6. The van der Waals surface area contributed by atoms with Crippen LogP contribution in [0.25, 0.3) is 10.9 Å². The van der Waals surface area contributed by atoms with Crippen LogP contribution in [0.4, 0.5) is 0 Å². The lowest BCUT2D eigenvalue weighted by Crippen LogP contribution is -2.27. The highest BCUT2D eigenvalue weighted by Crippen LogP contribution is 2.38. The van der Waals surface area contributed by atoms with Gasteiger partial charge >= 0.3 is 0 Å². The third-order valence-electron chi connectivity index (χ3n) is 5.93. The van der Waals surface area contributed by atoms with Crippen molar-refractivity contribution < 1.29 is 14.3 Å². The monoisotopic (exact) mass is 471 g/mol. The smallest absolute Gasteiger partial charge is 0.274 e. The highest BCUT2D eigenvalue weighted by atomic mass is 35.5. The van der Waals surface area contributed by atoms with E-state index < -0.39 is 6.04 Å². The third-order valence-corrected chi connectivity index (χ3v) is 6.23. The number of carbonyl (C=O) groups excluding carboxylic acids is 1. The number of hydrazone groups is 1. The van der Waals surface area contributed by atoms with Crippen LogP contribution in [-0.4, -0.2) is 35.8 Å². The van der Waals surface area contributed by atoms with E-state index in [1.54, 1.807) is 26.4 Å². The summed E-state index contributed by atoms with van der Waals surface area (Å²) in [5.41, 5.74) is 3.74. The van der Waals surface area contributed by atoms with E-state index in [9.17, 15) is 4.79 Å². The average molecular weight is 472 g/mol. The van der Waals surface area contributed by atoms with E-state index in [2.05, 4.69) is 4.98 Å². The standard InChI is InChI=1S/C27H22ClN3O3/c1-33-20-11-8-17(9-12-20)24-16-25(31(30-24)27(32)18-6-4-3-5-7-18)22-14-19-10-13-21(34-2)15-23(19)29-26(22)28/h3-15,25H,16H2,1-2H3. The number of halogens is 1. The second-order valence-electron chi connectivity index (χ2n) is 7.94. The quantitative estimate of drug-likeness (QED) is 0.340. The maximum atomic E-state index is 13.5. The molecular weight excluding hydrogens is 450 g/mol. The highest BCUT2D eigenvalue weighted by molar-refractivity contribution is 6.30. The van der Waals surface area contributed by atoms with Crippen LogP contribution in [0.15, 0.2) is 84.0 Å². The van der Waals surface area contributed by atoms with E-state index in [4.69, 9.17) is 26.2 Å². The molecule has 4 aromatic rings. The van der Waals surface area contributed by atoms with Gasteiger partial charge in [0.25, 0.3) is 5.91 Å². The van der Waals surface area contributed by atoms with E-state index >= 15 is 0 Å². The second kappa shape index (κ2) is 9.15. The molecule has 0 spiro atoms. The number of rotatable bonds is 5. The molecular formula is C27H22ClN3O3. The number of methoxy groups -OCH3 is 2. The second-order valence-corrected chi connectivity index (χ2v) is 8.30. The van der Waals surface area contributed by atoms with Gasteiger partial charge in [-0.1, -0.05) is 29.8 Å². The minimum absolute atomic E-state index is 0.194. The summed E-state index contributed by atoms with van der Waals surface area (Å²) < 4.78 is 10.6. The lowest BCUT2D eigenvalue weighted by molar-refractivity contribution is 0.0711. The van der Waals surface area contributed by atoms with Gasteiger partial charge in [0.05, 0.1) is 31.5 Å². The van der Waals surface area contributed by atoms with Crippen molar-refractivity contribution in [1.82, 2.24) is 9.99 Å². The fourth-order valence-corrected chi connectivity index (χ4v) is 4.38. The number of nitrogens with zero attached hydrogens (tertiary/aromatic N) is 3. The molecule has 170 valence electrons. The number of fused-ring (bicyclic) bond motifs is 1. The van der Waals surface area contributed by atoms with Crippen molar-refractivity contribution in [2.75, 3.05) is 14.2 Å². The number of hydrogen-bond donors (Lipinski definition) is 0. The van der Waals surface area contributed by atoms with Gasteiger partial charge in [-0.15, -0.1) is 0 Å². The lowest BCUT2D eigenvalue weighted by atomic mass is 9.98. The summed E-state index contributed by atoms with van der Waals surface area (Å²) in [6, 6.07) is 24.0. The molecule has 0 fully saturated rings. The number of hydrogen-bond acceptors (Lipinski definition) is 5. The Bertz CT molecular complexity index is 1390. The molecule has 0 radical (unpaired) electrons. The first-order valence-electron chi connectivity index (χ1n) is 10.8. The highest BCUT2D eigenvalue weighted by Gasteiger charge is 2.35. The molecule has 1 amide bonds. The van der Waals surface area contributed by atoms with Gasteiger partial charge in [0.2, 0.25) is 0 Å². The average Bonchev–Trinajstić information content (AvgIpc) is 3.33. The zero-order chi connectivity index (χ0) is 23.7. The van der Waals surface area contributed by atoms with E-state index in [0.29, 0.717) is 22.9 Å². The molecule has 34 heavy (non-hydrogen) atoms. The summed E-state index contributed by atoms with van der Waals surface area (Å²) in [5.74, 6) is 1.27. The van der Waals surface area contributed by atoms with Crippen molar-refractivity contribution in [2.24, 2.45) is 5.10 Å². The molecule has 5 rings (SSSR count). The number of amides is 1. The number of carbonyl (C=O) groups is 1. The normalized spacial score (nSPS) is 15.3. The Morgan fingerprint density at radius 2 is 1.65 bits per heavy atom. The van der Waals surface area contributed by atoms with Crippen molar-refractivity contribution in [3.63, 3.8) is 0 Å². The summed E-state index contributed by atoms with van der Waals surface area (Å²) in [5, 5.41) is 7.51. The Balaban J connectivity index is 1.58. The summed E-state index contributed by atoms with van der Waals surface area (Å²) in [6.45, 7) is 0.